The first-order valence-electron chi connectivity index (χ1n) is 6.62. The molecule has 5 heteroatoms. The third kappa shape index (κ3) is 7.55. The van der Waals surface area contributed by atoms with E-state index < -0.39 is 0 Å². The highest BCUT2D eigenvalue weighted by Gasteiger charge is 1.96. The second-order valence-corrected chi connectivity index (χ2v) is 6.41. The van der Waals surface area contributed by atoms with Crippen LogP contribution in [0.2, 0.25) is 21.6 Å². The predicted molar refractivity (Wildman–Crippen MR) is 96.8 cm³/mol. The maximum atomic E-state index is 5.82. The molecule has 0 aliphatic carbocycles. The number of rotatable bonds is 2. The second-order valence-electron chi connectivity index (χ2n) is 4.38. The minimum atomic E-state index is 0.706. The van der Waals surface area contributed by atoms with Gasteiger partial charge in [-0.25, -0.2) is 4.99 Å². The van der Waals surface area contributed by atoms with Crippen molar-refractivity contribution in [1.29, 1.82) is 0 Å². The third-order valence-electron chi connectivity index (χ3n) is 2.29. The molecule has 2 nitrogen and oxygen atoms in total. The number of nitrogens with one attached hydrogen (secondary N) is 1. The molecule has 1 N–H and O–H groups in total. The highest BCUT2D eigenvalue weighted by Crippen LogP contribution is 2.17. The van der Waals surface area contributed by atoms with Crippen LogP contribution in [-0.4, -0.2) is 21.1 Å². The van der Waals surface area contributed by atoms with Crippen LogP contribution in [0.5, 0.6) is 0 Å². The fourth-order valence-corrected chi connectivity index (χ4v) is 1.73. The minimum absolute atomic E-state index is 0.706. The number of hydrogen-bond acceptors (Lipinski definition) is 1. The average Bonchev–Trinajstić information content (AvgIpc) is 2.45. The van der Waals surface area contributed by atoms with Gasteiger partial charge in [0.25, 0.3) is 0 Å². The van der Waals surface area contributed by atoms with Crippen molar-refractivity contribution < 1.29 is 0 Å². The Hall–Kier alpha value is -0.978. The van der Waals surface area contributed by atoms with Crippen molar-refractivity contribution >= 4 is 55.6 Å². The number of anilines is 1. The third-order valence-corrected chi connectivity index (χ3v) is 2.80. The van der Waals surface area contributed by atoms with Crippen LogP contribution in [-0.2, 0) is 0 Å². The molecule has 1 radical (unpaired) electrons. The molecule has 0 unspecified atom stereocenters. The summed E-state index contributed by atoms with van der Waals surface area (Å²) in [7, 11) is 0. The van der Waals surface area contributed by atoms with Crippen molar-refractivity contribution in [2.75, 3.05) is 5.32 Å². The number of benzene rings is 2. The van der Waals surface area contributed by atoms with Crippen molar-refractivity contribution in [3.05, 3.63) is 58.6 Å². The first kappa shape index (κ1) is 18.1. The second kappa shape index (κ2) is 9.87. The molecule has 0 aliphatic heterocycles. The molecule has 0 bridgehead atoms. The molecule has 0 spiro atoms. The summed E-state index contributed by atoms with van der Waals surface area (Å²) >= 11 is 12.4. The van der Waals surface area contributed by atoms with Crippen LogP contribution in [0.25, 0.3) is 0 Å². The van der Waals surface area contributed by atoms with Crippen LogP contribution < -0.4 is 5.32 Å². The zero-order valence-corrected chi connectivity index (χ0v) is 15.1. The van der Waals surface area contributed by atoms with E-state index in [2.05, 4.69) is 21.9 Å². The zero-order chi connectivity index (χ0) is 15.7. The Morgan fingerprint density at radius 2 is 1.33 bits per heavy atom. The van der Waals surface area contributed by atoms with Crippen LogP contribution in [0.3, 0.4) is 0 Å². The van der Waals surface area contributed by atoms with Gasteiger partial charge in [0.15, 0.2) is 15.2 Å². The first-order valence-corrected chi connectivity index (χ1v) is 9.69. The summed E-state index contributed by atoms with van der Waals surface area (Å²) in [5, 5.41) is 4.61. The predicted octanol–water partition coefficient (Wildman–Crippen LogP) is 5.94. The smallest absolute Gasteiger partial charge is 0.191 e. The largest absolute Gasteiger partial charge is 0.344 e. The van der Waals surface area contributed by atoms with Gasteiger partial charge in [-0.15, -0.1) is 11.6 Å². The van der Waals surface area contributed by atoms with E-state index in [0.29, 0.717) is 10.0 Å². The van der Waals surface area contributed by atoms with Gasteiger partial charge in [-0.05, 0) is 55.5 Å². The first-order chi connectivity index (χ1) is 10.0. The van der Waals surface area contributed by atoms with Gasteiger partial charge in [-0.2, -0.15) is 0 Å². The van der Waals surface area contributed by atoms with Crippen molar-refractivity contribution in [3.63, 3.8) is 0 Å². The van der Waals surface area contributed by atoms with E-state index in [1.54, 1.807) is 0 Å². The number of amidine groups is 1. The Balaban J connectivity index is 0.000000677. The standard InChI is InChI=1S/C14H12Cl2N2.2CH3.Al/c1-10(17-13-6-2-11(15)3-7-13)18-14-8-4-12(16)5-9-14;;;/h2-9H,1H3,(H,17,18);2*1H3;. The fourth-order valence-electron chi connectivity index (χ4n) is 1.48. The lowest BCUT2D eigenvalue weighted by Crippen LogP contribution is -2.06. The van der Waals surface area contributed by atoms with Gasteiger partial charge in [0.1, 0.15) is 5.84 Å². The Kier molecular flexibility index (Phi) is 8.49. The molecule has 0 saturated carbocycles. The zero-order valence-electron chi connectivity index (χ0n) is 12.4. The lowest BCUT2D eigenvalue weighted by Gasteiger charge is -2.05. The van der Waals surface area contributed by atoms with E-state index in [0.717, 1.165) is 32.4 Å². The summed E-state index contributed by atoms with van der Waals surface area (Å²) in [5.74, 6) is 5.22. The normalized spacial score (nSPS) is 10.4. The maximum Gasteiger partial charge on any atom is 0.191 e. The lowest BCUT2D eigenvalue weighted by molar-refractivity contribution is 1.46. The van der Waals surface area contributed by atoms with Crippen LogP contribution in [0.1, 0.15) is 6.92 Å². The quantitative estimate of drug-likeness (QED) is 0.409. The summed E-state index contributed by atoms with van der Waals surface area (Å²) in [5.41, 5.74) is 1.81. The summed E-state index contributed by atoms with van der Waals surface area (Å²) in [4.78, 5) is 4.43. The monoisotopic (exact) mass is 335 g/mol. The minimum Gasteiger partial charge on any atom is -0.344 e. The lowest BCUT2D eigenvalue weighted by atomic mass is 10.3. The van der Waals surface area contributed by atoms with Crippen LogP contribution >= 0.6 is 23.2 Å². The Morgan fingerprint density at radius 1 is 0.905 bits per heavy atom. The Morgan fingerprint density at radius 3 is 1.81 bits per heavy atom. The van der Waals surface area contributed by atoms with Crippen LogP contribution in [0.4, 0.5) is 11.4 Å². The van der Waals surface area contributed by atoms with E-state index in [4.69, 9.17) is 23.2 Å². The van der Waals surface area contributed by atoms with Crippen molar-refractivity contribution in [2.45, 2.75) is 18.5 Å². The van der Waals surface area contributed by atoms with Crippen molar-refractivity contribution in [3.8, 4) is 0 Å². The van der Waals surface area contributed by atoms with Gasteiger partial charge in [0, 0.05) is 15.7 Å². The topological polar surface area (TPSA) is 24.4 Å². The Bertz CT molecular complexity index is 566. The molecule has 2 aromatic carbocycles. The molecule has 109 valence electrons. The fraction of sp³-hybridized carbons (Fsp3) is 0.188. The van der Waals surface area contributed by atoms with Crippen molar-refractivity contribution in [2.24, 2.45) is 4.99 Å². The molecular weight excluding hydrogens is 318 g/mol. The Labute approximate surface area is 142 Å². The van der Waals surface area contributed by atoms with E-state index >= 15 is 0 Å². The molecule has 21 heavy (non-hydrogen) atoms. The molecule has 0 amide bonds. The molecule has 0 aliphatic rings. The van der Waals surface area contributed by atoms with Crippen LogP contribution in [0.15, 0.2) is 53.5 Å². The van der Waals surface area contributed by atoms with Gasteiger partial charge in [-0.1, -0.05) is 23.2 Å². The van der Waals surface area contributed by atoms with Gasteiger partial charge in [0.2, 0.25) is 0 Å². The maximum absolute atomic E-state index is 5.82. The molecule has 2 aromatic rings. The molecular formula is C16H18AlCl2N2. The summed E-state index contributed by atoms with van der Waals surface area (Å²) < 4.78 is 0. The van der Waals surface area contributed by atoms with E-state index in [1.807, 2.05) is 55.5 Å². The number of hydrogen-bond donors (Lipinski definition) is 1. The number of aliphatic imine (C=N–C) groups is 1. The highest BCUT2D eigenvalue weighted by molar-refractivity contribution is 6.31. The highest BCUT2D eigenvalue weighted by atomic mass is 35.5. The van der Waals surface area contributed by atoms with Gasteiger partial charge in [-0.3, -0.25) is 0 Å². The molecule has 0 fully saturated rings. The number of halogens is 2. The van der Waals surface area contributed by atoms with E-state index in [-0.39, 0.29) is 0 Å². The SMILES string of the molecule is CC(=Nc1ccc(Cl)cc1)Nc1ccc(Cl)cc1.[CH3][Al][CH3]. The molecule has 0 atom stereocenters. The molecule has 0 saturated heterocycles. The number of nitrogens with zero attached hydrogens (tertiary/aromatic N) is 1. The molecule has 0 heterocycles. The van der Waals surface area contributed by atoms with Crippen molar-refractivity contribution in [1.82, 2.24) is 0 Å². The summed E-state index contributed by atoms with van der Waals surface area (Å²) in [6, 6.07) is 14.8. The summed E-state index contributed by atoms with van der Waals surface area (Å²) in [6.45, 7) is 1.91. The summed E-state index contributed by atoms with van der Waals surface area (Å²) in [6.07, 6.45) is 0. The van der Waals surface area contributed by atoms with Crippen LogP contribution in [0, 0.1) is 0 Å². The van der Waals surface area contributed by atoms with Gasteiger partial charge < -0.3 is 5.32 Å². The van der Waals surface area contributed by atoms with Gasteiger partial charge in [0.05, 0.1) is 5.69 Å². The molecule has 0 aromatic heterocycles. The molecule has 2 rings (SSSR count). The average molecular weight is 336 g/mol. The van der Waals surface area contributed by atoms with Gasteiger partial charge >= 0.3 is 0 Å². The van der Waals surface area contributed by atoms with E-state index in [9.17, 15) is 0 Å². The van der Waals surface area contributed by atoms with E-state index in [1.165, 1.54) is 0 Å².